The minimum atomic E-state index is 0.798. The van der Waals surface area contributed by atoms with Crippen LogP contribution in [0.3, 0.4) is 0 Å². The van der Waals surface area contributed by atoms with Crippen molar-refractivity contribution in [3.05, 3.63) is 53.9 Å². The van der Waals surface area contributed by atoms with Gasteiger partial charge in [-0.05, 0) is 25.5 Å². The van der Waals surface area contributed by atoms with Gasteiger partial charge in [0.25, 0.3) is 0 Å². The van der Waals surface area contributed by atoms with Gasteiger partial charge >= 0.3 is 0 Å². The molecule has 0 saturated heterocycles. The van der Waals surface area contributed by atoms with Crippen molar-refractivity contribution >= 4 is 0 Å². The Balaban J connectivity index is 1.70. The van der Waals surface area contributed by atoms with Crippen molar-refractivity contribution in [2.24, 2.45) is 0 Å². The molecule has 0 atom stereocenters. The molecule has 20 heavy (non-hydrogen) atoms. The standard InChI is InChI=1S/C16H23N3O/c1-2-20-10-6-9-17-11-16-12-18-19(14-16)13-15-7-4-3-5-8-15/h3-5,7-8,12,14,17H,2,6,9-11,13H2,1H3. The van der Waals surface area contributed by atoms with E-state index in [1.807, 2.05) is 23.9 Å². The molecule has 108 valence electrons. The van der Waals surface area contributed by atoms with E-state index in [0.717, 1.165) is 39.3 Å². The molecule has 0 spiro atoms. The second kappa shape index (κ2) is 8.51. The van der Waals surface area contributed by atoms with E-state index < -0.39 is 0 Å². The van der Waals surface area contributed by atoms with Crippen molar-refractivity contribution in [1.29, 1.82) is 0 Å². The third kappa shape index (κ3) is 5.15. The molecular weight excluding hydrogens is 250 g/mol. The summed E-state index contributed by atoms with van der Waals surface area (Å²) in [5, 5.41) is 7.80. The lowest BCUT2D eigenvalue weighted by Crippen LogP contribution is -2.16. The third-order valence-corrected chi connectivity index (χ3v) is 3.05. The highest BCUT2D eigenvalue weighted by Gasteiger charge is 1.99. The number of hydrogen-bond acceptors (Lipinski definition) is 3. The number of nitrogens with one attached hydrogen (secondary N) is 1. The van der Waals surface area contributed by atoms with E-state index >= 15 is 0 Å². The van der Waals surface area contributed by atoms with E-state index in [2.05, 4.69) is 40.9 Å². The van der Waals surface area contributed by atoms with E-state index in [1.54, 1.807) is 0 Å². The molecule has 1 aromatic carbocycles. The zero-order valence-corrected chi connectivity index (χ0v) is 12.1. The Hall–Kier alpha value is -1.65. The van der Waals surface area contributed by atoms with Crippen LogP contribution in [0.1, 0.15) is 24.5 Å². The zero-order valence-electron chi connectivity index (χ0n) is 12.1. The van der Waals surface area contributed by atoms with Gasteiger partial charge in [0.1, 0.15) is 0 Å². The van der Waals surface area contributed by atoms with Crippen LogP contribution < -0.4 is 5.32 Å². The molecule has 0 bridgehead atoms. The van der Waals surface area contributed by atoms with Gasteiger partial charge in [-0.15, -0.1) is 0 Å². The Morgan fingerprint density at radius 3 is 2.85 bits per heavy atom. The summed E-state index contributed by atoms with van der Waals surface area (Å²) in [5.74, 6) is 0. The van der Waals surface area contributed by atoms with Gasteiger partial charge in [0.05, 0.1) is 12.7 Å². The highest BCUT2D eigenvalue weighted by atomic mass is 16.5. The second-order valence-corrected chi connectivity index (χ2v) is 4.76. The average molecular weight is 273 g/mol. The van der Waals surface area contributed by atoms with Crippen molar-refractivity contribution in [3.63, 3.8) is 0 Å². The summed E-state index contributed by atoms with van der Waals surface area (Å²) in [5.41, 5.74) is 2.49. The summed E-state index contributed by atoms with van der Waals surface area (Å²) in [6, 6.07) is 10.4. The van der Waals surface area contributed by atoms with Gasteiger partial charge in [-0.3, -0.25) is 4.68 Å². The predicted octanol–water partition coefficient (Wildman–Crippen LogP) is 2.45. The molecular formula is C16H23N3O. The maximum absolute atomic E-state index is 5.30. The topological polar surface area (TPSA) is 39.1 Å². The monoisotopic (exact) mass is 273 g/mol. The molecule has 0 saturated carbocycles. The van der Waals surface area contributed by atoms with Crippen LogP contribution in [0.2, 0.25) is 0 Å². The molecule has 1 aromatic heterocycles. The smallest absolute Gasteiger partial charge is 0.0659 e. The number of rotatable bonds is 9. The minimum absolute atomic E-state index is 0.798. The van der Waals surface area contributed by atoms with Crippen LogP contribution in [0.5, 0.6) is 0 Å². The molecule has 0 fully saturated rings. The van der Waals surface area contributed by atoms with Crippen molar-refractivity contribution < 1.29 is 4.74 Å². The quantitative estimate of drug-likeness (QED) is 0.713. The molecule has 2 rings (SSSR count). The first-order chi connectivity index (χ1) is 9.88. The first kappa shape index (κ1) is 14.8. The van der Waals surface area contributed by atoms with Crippen molar-refractivity contribution in [1.82, 2.24) is 15.1 Å². The van der Waals surface area contributed by atoms with Gasteiger partial charge in [0.2, 0.25) is 0 Å². The van der Waals surface area contributed by atoms with Crippen LogP contribution in [-0.4, -0.2) is 29.5 Å². The molecule has 0 aliphatic heterocycles. The average Bonchev–Trinajstić information content (AvgIpc) is 2.91. The second-order valence-electron chi connectivity index (χ2n) is 4.76. The highest BCUT2D eigenvalue weighted by molar-refractivity contribution is 5.15. The molecule has 2 aromatic rings. The Morgan fingerprint density at radius 1 is 1.20 bits per heavy atom. The van der Waals surface area contributed by atoms with Crippen LogP contribution in [0.15, 0.2) is 42.7 Å². The van der Waals surface area contributed by atoms with Crippen LogP contribution in [0.25, 0.3) is 0 Å². The molecule has 4 nitrogen and oxygen atoms in total. The number of benzene rings is 1. The maximum atomic E-state index is 5.30. The first-order valence-electron chi connectivity index (χ1n) is 7.22. The van der Waals surface area contributed by atoms with Gasteiger partial charge < -0.3 is 10.1 Å². The summed E-state index contributed by atoms with van der Waals surface area (Å²) in [6.45, 7) is 6.31. The third-order valence-electron chi connectivity index (χ3n) is 3.05. The molecule has 0 aliphatic carbocycles. The number of ether oxygens (including phenoxy) is 1. The lowest BCUT2D eigenvalue weighted by Gasteiger charge is -2.03. The largest absolute Gasteiger partial charge is 0.382 e. The van der Waals surface area contributed by atoms with E-state index in [4.69, 9.17) is 4.74 Å². The predicted molar refractivity (Wildman–Crippen MR) is 80.6 cm³/mol. The normalized spacial score (nSPS) is 10.8. The molecule has 1 N–H and O–H groups in total. The van der Waals surface area contributed by atoms with Crippen LogP contribution >= 0.6 is 0 Å². The van der Waals surface area contributed by atoms with Crippen molar-refractivity contribution in [3.8, 4) is 0 Å². The highest BCUT2D eigenvalue weighted by Crippen LogP contribution is 2.03. The van der Waals surface area contributed by atoms with Crippen LogP contribution in [0, 0.1) is 0 Å². The Morgan fingerprint density at radius 2 is 2.05 bits per heavy atom. The summed E-state index contributed by atoms with van der Waals surface area (Å²) < 4.78 is 7.28. The van der Waals surface area contributed by atoms with Gasteiger partial charge in [0.15, 0.2) is 0 Å². The molecule has 0 radical (unpaired) electrons. The first-order valence-corrected chi connectivity index (χ1v) is 7.22. The Labute approximate surface area is 120 Å². The van der Waals surface area contributed by atoms with Gasteiger partial charge in [-0.2, -0.15) is 5.10 Å². The fourth-order valence-corrected chi connectivity index (χ4v) is 2.03. The fourth-order valence-electron chi connectivity index (χ4n) is 2.03. The summed E-state index contributed by atoms with van der Waals surface area (Å²) in [7, 11) is 0. The summed E-state index contributed by atoms with van der Waals surface area (Å²) in [4.78, 5) is 0. The zero-order chi connectivity index (χ0) is 14.0. The molecule has 1 heterocycles. The van der Waals surface area contributed by atoms with Gasteiger partial charge in [-0.25, -0.2) is 0 Å². The number of aromatic nitrogens is 2. The van der Waals surface area contributed by atoms with Crippen molar-refractivity contribution in [2.45, 2.75) is 26.4 Å². The summed E-state index contributed by atoms with van der Waals surface area (Å²) in [6.07, 6.45) is 5.08. The molecule has 4 heteroatoms. The SMILES string of the molecule is CCOCCCNCc1cnn(Cc2ccccc2)c1. The van der Waals surface area contributed by atoms with E-state index in [-0.39, 0.29) is 0 Å². The molecule has 0 amide bonds. The Kier molecular flexibility index (Phi) is 6.27. The van der Waals surface area contributed by atoms with Crippen LogP contribution in [-0.2, 0) is 17.8 Å². The molecule has 0 aliphatic rings. The lowest BCUT2D eigenvalue weighted by molar-refractivity contribution is 0.144. The Bertz CT molecular complexity index is 481. The van der Waals surface area contributed by atoms with E-state index in [0.29, 0.717) is 0 Å². The summed E-state index contributed by atoms with van der Waals surface area (Å²) >= 11 is 0. The number of hydrogen-bond donors (Lipinski definition) is 1. The van der Waals surface area contributed by atoms with Crippen molar-refractivity contribution in [2.75, 3.05) is 19.8 Å². The van der Waals surface area contributed by atoms with Crippen LogP contribution in [0.4, 0.5) is 0 Å². The lowest BCUT2D eigenvalue weighted by atomic mass is 10.2. The van der Waals surface area contributed by atoms with Gasteiger partial charge in [0, 0.05) is 31.5 Å². The van der Waals surface area contributed by atoms with E-state index in [9.17, 15) is 0 Å². The fraction of sp³-hybridized carbons (Fsp3) is 0.438. The number of nitrogens with zero attached hydrogens (tertiary/aromatic N) is 2. The minimum Gasteiger partial charge on any atom is -0.382 e. The molecule has 0 unspecified atom stereocenters. The maximum Gasteiger partial charge on any atom is 0.0659 e. The van der Waals surface area contributed by atoms with E-state index in [1.165, 1.54) is 11.1 Å². The van der Waals surface area contributed by atoms with Gasteiger partial charge in [-0.1, -0.05) is 30.3 Å².